The predicted molar refractivity (Wildman–Crippen MR) is 132 cm³/mol. The molecule has 0 saturated carbocycles. The Morgan fingerprint density at radius 3 is 2.21 bits per heavy atom. The number of thiocarbonyl (C=S) groups is 1. The van der Waals surface area contributed by atoms with Gasteiger partial charge in [-0.25, -0.2) is 0 Å². The quantitative estimate of drug-likeness (QED) is 0.196. The predicted octanol–water partition coefficient (Wildman–Crippen LogP) is 6.70. The zero-order chi connectivity index (χ0) is 21.1. The van der Waals surface area contributed by atoms with Gasteiger partial charge in [-0.3, -0.25) is 4.79 Å². The summed E-state index contributed by atoms with van der Waals surface area (Å²) in [5.74, 6) is -0.417. The summed E-state index contributed by atoms with van der Waals surface area (Å²) >= 11 is 33.6. The van der Waals surface area contributed by atoms with Gasteiger partial charge < -0.3 is 16.0 Å². The summed E-state index contributed by atoms with van der Waals surface area (Å²) < 4.78 is 0.743. The van der Waals surface area contributed by atoms with Crippen LogP contribution in [0.15, 0.2) is 49.8 Å². The van der Waals surface area contributed by atoms with Crippen molar-refractivity contribution in [2.75, 3.05) is 5.32 Å². The molecule has 0 aromatic heterocycles. The van der Waals surface area contributed by atoms with Crippen molar-refractivity contribution < 1.29 is 4.79 Å². The Bertz CT molecular complexity index is 892. The second kappa shape index (κ2) is 10.3. The summed E-state index contributed by atoms with van der Waals surface area (Å²) in [6.07, 6.45) is -1.07. The van der Waals surface area contributed by atoms with Gasteiger partial charge in [0.05, 0.1) is 5.69 Å². The van der Waals surface area contributed by atoms with Crippen LogP contribution in [-0.4, -0.2) is 21.0 Å². The molecule has 0 radical (unpaired) electrons. The van der Waals surface area contributed by atoms with E-state index in [0.717, 1.165) is 24.7 Å². The Morgan fingerprint density at radius 2 is 1.64 bits per heavy atom. The molecule has 28 heavy (non-hydrogen) atoms. The van der Waals surface area contributed by atoms with Crippen molar-refractivity contribution >= 4 is 112 Å². The summed E-state index contributed by atoms with van der Waals surface area (Å²) in [4.78, 5) is 12.5. The van der Waals surface area contributed by atoms with E-state index in [0.29, 0.717) is 5.56 Å². The Balaban J connectivity index is 2.11. The molecule has 0 bridgehead atoms. The monoisotopic (exact) mass is 649 g/mol. The maximum absolute atomic E-state index is 12.5. The van der Waals surface area contributed by atoms with Crippen molar-refractivity contribution in [1.82, 2.24) is 10.6 Å². The lowest BCUT2D eigenvalue weighted by Gasteiger charge is -2.28. The first-order valence-electron chi connectivity index (χ1n) is 7.63. The number of carbonyl (C=O) groups is 1. The van der Waals surface area contributed by atoms with Crippen LogP contribution in [0.5, 0.6) is 0 Å². The molecule has 2 aromatic rings. The summed E-state index contributed by atoms with van der Waals surface area (Å²) in [7, 11) is 0. The molecule has 11 heteroatoms. The van der Waals surface area contributed by atoms with E-state index in [1.807, 2.05) is 19.1 Å². The lowest BCUT2D eigenvalue weighted by Crippen LogP contribution is -2.56. The minimum absolute atomic E-state index is 0.176. The maximum Gasteiger partial charge on any atom is 0.252 e. The molecule has 3 N–H and O–H groups in total. The van der Waals surface area contributed by atoms with E-state index in [-0.39, 0.29) is 5.11 Å². The number of rotatable bonds is 4. The number of anilines is 1. The van der Waals surface area contributed by atoms with Crippen LogP contribution >= 0.6 is 94.8 Å². The van der Waals surface area contributed by atoms with Gasteiger partial charge >= 0.3 is 0 Å². The van der Waals surface area contributed by atoms with Crippen LogP contribution in [-0.2, 0) is 0 Å². The summed E-state index contributed by atoms with van der Waals surface area (Å²) in [6, 6.07) is 10.6. The average molecular weight is 653 g/mol. The Hall–Kier alpha value is -0.0900. The van der Waals surface area contributed by atoms with Gasteiger partial charge in [0.2, 0.25) is 3.79 Å². The molecule has 0 aliphatic rings. The standard InChI is InChI=1S/C17H13Br3Cl3N3OS/c1-8-6-13(12(20)7-11(8)19)24-16(28)26-15(17(21,22)23)25-14(27)9-2-4-10(18)5-3-9/h2-7,15H,1H3,(H,25,27)(H2,24,26,28). The van der Waals surface area contributed by atoms with Crippen molar-refractivity contribution in [2.24, 2.45) is 0 Å². The fourth-order valence-electron chi connectivity index (χ4n) is 2.06. The van der Waals surface area contributed by atoms with Crippen LogP contribution in [0.25, 0.3) is 0 Å². The first kappa shape index (κ1) is 24.2. The lowest BCUT2D eigenvalue weighted by molar-refractivity contribution is 0.0934. The molecule has 0 spiro atoms. The molecule has 1 unspecified atom stereocenters. The fraction of sp³-hybridized carbons (Fsp3) is 0.176. The molecule has 0 fully saturated rings. The van der Waals surface area contributed by atoms with E-state index in [1.54, 1.807) is 24.3 Å². The number of nitrogens with one attached hydrogen (secondary N) is 3. The molecule has 2 aromatic carbocycles. The van der Waals surface area contributed by atoms with Crippen LogP contribution in [0.3, 0.4) is 0 Å². The second-order valence-electron chi connectivity index (χ2n) is 5.63. The second-order valence-corrected chi connectivity index (χ2v) is 11.0. The van der Waals surface area contributed by atoms with Gasteiger partial charge in [-0.05, 0) is 77.0 Å². The van der Waals surface area contributed by atoms with E-state index < -0.39 is 15.9 Å². The van der Waals surface area contributed by atoms with E-state index in [1.165, 1.54) is 0 Å². The van der Waals surface area contributed by atoms with E-state index >= 15 is 0 Å². The lowest BCUT2D eigenvalue weighted by atomic mass is 10.2. The minimum atomic E-state index is -1.84. The number of hydrogen-bond donors (Lipinski definition) is 3. The third-order valence-corrected chi connectivity index (χ3v) is 6.39. The SMILES string of the molecule is Cc1cc(NC(=S)NC(NC(=O)c2ccc(Br)cc2)C(Cl)(Cl)Cl)c(Br)cc1Br. The molecule has 1 amide bonds. The number of benzene rings is 2. The molecule has 0 aliphatic carbocycles. The van der Waals surface area contributed by atoms with Gasteiger partial charge in [0.1, 0.15) is 6.17 Å². The number of hydrogen-bond acceptors (Lipinski definition) is 2. The van der Waals surface area contributed by atoms with E-state index in [9.17, 15) is 4.79 Å². The molecule has 2 rings (SSSR count). The number of halogens is 6. The Kier molecular flexibility index (Phi) is 8.88. The number of amides is 1. The van der Waals surface area contributed by atoms with E-state index in [2.05, 4.69) is 63.7 Å². The van der Waals surface area contributed by atoms with Crippen molar-refractivity contribution in [1.29, 1.82) is 0 Å². The maximum atomic E-state index is 12.5. The summed E-state index contributed by atoms with van der Waals surface area (Å²) in [5, 5.41) is 8.66. The van der Waals surface area contributed by atoms with Crippen LogP contribution in [0.1, 0.15) is 15.9 Å². The highest BCUT2D eigenvalue weighted by molar-refractivity contribution is 9.11. The third-order valence-electron chi connectivity index (χ3n) is 3.48. The molecular formula is C17H13Br3Cl3N3OS. The molecule has 0 aliphatic heterocycles. The molecule has 0 saturated heterocycles. The van der Waals surface area contributed by atoms with Gasteiger partial charge in [0.15, 0.2) is 5.11 Å². The minimum Gasteiger partial charge on any atom is -0.339 e. The number of carbonyl (C=O) groups excluding carboxylic acids is 1. The normalized spacial score (nSPS) is 12.2. The fourth-order valence-corrected chi connectivity index (χ4v) is 3.97. The highest BCUT2D eigenvalue weighted by Crippen LogP contribution is 2.31. The topological polar surface area (TPSA) is 53.2 Å². The average Bonchev–Trinajstić information content (AvgIpc) is 2.58. The first-order chi connectivity index (χ1) is 13.0. The van der Waals surface area contributed by atoms with Crippen LogP contribution in [0.2, 0.25) is 0 Å². The third kappa shape index (κ3) is 7.00. The zero-order valence-corrected chi connectivity index (χ0v) is 22.0. The van der Waals surface area contributed by atoms with Crippen molar-refractivity contribution in [3.8, 4) is 0 Å². The van der Waals surface area contributed by atoms with Crippen LogP contribution in [0, 0.1) is 6.92 Å². The largest absolute Gasteiger partial charge is 0.339 e. The molecule has 4 nitrogen and oxygen atoms in total. The molecule has 150 valence electrons. The zero-order valence-electron chi connectivity index (χ0n) is 14.1. The van der Waals surface area contributed by atoms with Gasteiger partial charge in [0, 0.05) is 19.0 Å². The highest BCUT2D eigenvalue weighted by atomic mass is 79.9. The van der Waals surface area contributed by atoms with Gasteiger partial charge in [-0.15, -0.1) is 0 Å². The highest BCUT2D eigenvalue weighted by Gasteiger charge is 2.35. The molecule has 1 atom stereocenters. The molecular weight excluding hydrogens is 640 g/mol. The first-order valence-corrected chi connectivity index (χ1v) is 11.6. The van der Waals surface area contributed by atoms with Gasteiger partial charge in [-0.1, -0.05) is 66.7 Å². The summed E-state index contributed by atoms with van der Waals surface area (Å²) in [5.41, 5.74) is 2.14. The van der Waals surface area contributed by atoms with Crippen LogP contribution in [0.4, 0.5) is 5.69 Å². The van der Waals surface area contributed by atoms with Crippen molar-refractivity contribution in [3.63, 3.8) is 0 Å². The van der Waals surface area contributed by atoms with E-state index in [4.69, 9.17) is 47.0 Å². The Labute approximate surface area is 208 Å². The van der Waals surface area contributed by atoms with Crippen molar-refractivity contribution in [3.05, 3.63) is 60.9 Å². The molecule has 0 heterocycles. The van der Waals surface area contributed by atoms with Crippen molar-refractivity contribution in [2.45, 2.75) is 16.9 Å². The Morgan fingerprint density at radius 1 is 1.04 bits per heavy atom. The smallest absolute Gasteiger partial charge is 0.252 e. The van der Waals surface area contributed by atoms with Crippen LogP contribution < -0.4 is 16.0 Å². The number of alkyl halides is 3. The number of aryl methyl sites for hydroxylation is 1. The van der Waals surface area contributed by atoms with Gasteiger partial charge in [0.25, 0.3) is 5.91 Å². The summed E-state index contributed by atoms with van der Waals surface area (Å²) in [6.45, 7) is 1.95. The van der Waals surface area contributed by atoms with Gasteiger partial charge in [-0.2, -0.15) is 0 Å².